The molecule has 1 N–H and O–H groups in total. The lowest BCUT2D eigenvalue weighted by Gasteiger charge is -2.41. The van der Waals surface area contributed by atoms with Gasteiger partial charge in [-0.1, -0.05) is 91.0 Å². The van der Waals surface area contributed by atoms with E-state index in [4.69, 9.17) is 0 Å². The van der Waals surface area contributed by atoms with Gasteiger partial charge in [-0.05, 0) is 23.6 Å². The summed E-state index contributed by atoms with van der Waals surface area (Å²) in [6.45, 7) is 6.23. The van der Waals surface area contributed by atoms with Crippen molar-refractivity contribution in [3.63, 3.8) is 0 Å². The molecule has 4 nitrogen and oxygen atoms in total. The molecule has 0 aliphatic carbocycles. The molecule has 1 fully saturated rings. The molecule has 1 atom stereocenters. The van der Waals surface area contributed by atoms with Gasteiger partial charge in [0.15, 0.2) is 0 Å². The minimum atomic E-state index is -0.127. The first-order valence-electron chi connectivity index (χ1n) is 11.1. The Morgan fingerprint density at radius 1 is 0.742 bits per heavy atom. The van der Waals surface area contributed by atoms with Gasteiger partial charge in [-0.15, -0.1) is 0 Å². The van der Waals surface area contributed by atoms with Gasteiger partial charge in [-0.3, -0.25) is 14.6 Å². The van der Waals surface area contributed by atoms with Crippen molar-refractivity contribution >= 4 is 5.91 Å². The van der Waals surface area contributed by atoms with E-state index in [1.54, 1.807) is 0 Å². The van der Waals surface area contributed by atoms with Crippen LogP contribution < -0.4 is 5.32 Å². The van der Waals surface area contributed by atoms with E-state index >= 15 is 0 Å². The van der Waals surface area contributed by atoms with Crippen molar-refractivity contribution in [3.05, 3.63) is 108 Å². The van der Waals surface area contributed by atoms with Gasteiger partial charge in [0.2, 0.25) is 5.91 Å². The number of piperazine rings is 1. The van der Waals surface area contributed by atoms with Crippen LogP contribution in [0.2, 0.25) is 0 Å². The Morgan fingerprint density at radius 2 is 1.19 bits per heavy atom. The second-order valence-electron chi connectivity index (χ2n) is 8.18. The summed E-state index contributed by atoms with van der Waals surface area (Å²) in [5.74, 6) is 0.0972. The molecule has 31 heavy (non-hydrogen) atoms. The van der Waals surface area contributed by atoms with Crippen molar-refractivity contribution < 1.29 is 4.79 Å². The number of carbonyl (C=O) groups excluding carboxylic acids is 1. The highest BCUT2D eigenvalue weighted by atomic mass is 16.2. The molecule has 0 unspecified atom stereocenters. The fourth-order valence-electron chi connectivity index (χ4n) is 4.37. The average molecular weight is 414 g/mol. The zero-order valence-corrected chi connectivity index (χ0v) is 18.2. The molecule has 160 valence electrons. The van der Waals surface area contributed by atoms with Crippen LogP contribution in [-0.2, 0) is 11.3 Å². The van der Waals surface area contributed by atoms with E-state index in [2.05, 4.69) is 75.8 Å². The van der Waals surface area contributed by atoms with Crippen molar-refractivity contribution in [2.24, 2.45) is 0 Å². The summed E-state index contributed by atoms with van der Waals surface area (Å²) in [7, 11) is 0. The molecule has 0 radical (unpaired) electrons. The van der Waals surface area contributed by atoms with E-state index in [1.165, 1.54) is 11.1 Å². The fourth-order valence-corrected chi connectivity index (χ4v) is 4.37. The molecule has 0 aromatic heterocycles. The van der Waals surface area contributed by atoms with Crippen LogP contribution in [0.5, 0.6) is 0 Å². The lowest BCUT2D eigenvalue weighted by Crippen LogP contribution is -2.54. The van der Waals surface area contributed by atoms with Crippen LogP contribution in [0, 0.1) is 0 Å². The normalized spacial score (nSPS) is 16.2. The predicted molar refractivity (Wildman–Crippen MR) is 126 cm³/mol. The number of benzene rings is 3. The Hall–Kier alpha value is -2.95. The first-order chi connectivity index (χ1) is 15.2. The topological polar surface area (TPSA) is 35.6 Å². The van der Waals surface area contributed by atoms with Gasteiger partial charge in [0.05, 0.1) is 12.1 Å². The van der Waals surface area contributed by atoms with Crippen LogP contribution in [0.1, 0.15) is 29.7 Å². The smallest absolute Gasteiger partial charge is 0.237 e. The molecule has 1 aliphatic heterocycles. The highest BCUT2D eigenvalue weighted by Gasteiger charge is 2.30. The van der Waals surface area contributed by atoms with E-state index in [-0.39, 0.29) is 18.0 Å². The molecule has 0 bridgehead atoms. The molecule has 0 saturated carbocycles. The molecular weight excluding hydrogens is 382 g/mol. The van der Waals surface area contributed by atoms with E-state index in [0.29, 0.717) is 6.54 Å². The van der Waals surface area contributed by atoms with Crippen molar-refractivity contribution in [2.45, 2.75) is 25.6 Å². The summed E-state index contributed by atoms with van der Waals surface area (Å²) in [5.41, 5.74) is 3.76. The molecular formula is C27H31N3O. The van der Waals surface area contributed by atoms with Gasteiger partial charge in [-0.2, -0.15) is 0 Å². The highest BCUT2D eigenvalue weighted by molar-refractivity contribution is 5.81. The summed E-state index contributed by atoms with van der Waals surface area (Å²) in [5, 5.41) is 3.09. The number of nitrogens with one attached hydrogen (secondary N) is 1. The summed E-state index contributed by atoms with van der Waals surface area (Å²) >= 11 is 0. The van der Waals surface area contributed by atoms with Gasteiger partial charge in [0.1, 0.15) is 0 Å². The lowest BCUT2D eigenvalue weighted by atomic mass is 9.96. The van der Waals surface area contributed by atoms with Crippen molar-refractivity contribution in [1.82, 2.24) is 15.1 Å². The standard InChI is InChI=1S/C27H31N3O/c1-22(27(31)28-21-23-11-5-2-6-12-23)29-17-19-30(20-18-29)26(24-13-7-3-8-14-24)25-15-9-4-10-16-25/h2-16,22,26H,17-21H2,1H3,(H,28,31)/t22-/m1/s1. The third-order valence-corrected chi connectivity index (χ3v) is 6.18. The summed E-state index contributed by atoms with van der Waals surface area (Å²) in [6, 6.07) is 31.6. The Kier molecular flexibility index (Phi) is 7.13. The minimum Gasteiger partial charge on any atom is -0.351 e. The minimum absolute atomic E-state index is 0.0972. The van der Waals surface area contributed by atoms with Gasteiger partial charge in [-0.25, -0.2) is 0 Å². The Labute approximate surface area is 185 Å². The van der Waals surface area contributed by atoms with E-state index < -0.39 is 0 Å². The third kappa shape index (κ3) is 5.40. The first-order valence-corrected chi connectivity index (χ1v) is 11.1. The first kappa shape index (κ1) is 21.3. The van der Waals surface area contributed by atoms with Crippen LogP contribution in [0.3, 0.4) is 0 Å². The number of rotatable bonds is 7. The monoisotopic (exact) mass is 413 g/mol. The summed E-state index contributed by atoms with van der Waals surface area (Å²) in [6.07, 6.45) is 0. The number of hydrogen-bond donors (Lipinski definition) is 1. The second kappa shape index (κ2) is 10.4. The van der Waals surface area contributed by atoms with Gasteiger partial charge in [0.25, 0.3) is 0 Å². The van der Waals surface area contributed by atoms with Crippen LogP contribution in [0.15, 0.2) is 91.0 Å². The van der Waals surface area contributed by atoms with Gasteiger partial charge < -0.3 is 5.32 Å². The molecule has 4 heteroatoms. The lowest BCUT2D eigenvalue weighted by molar-refractivity contribution is -0.126. The molecule has 1 saturated heterocycles. The van der Waals surface area contributed by atoms with Crippen molar-refractivity contribution in [3.8, 4) is 0 Å². The number of hydrogen-bond acceptors (Lipinski definition) is 3. The van der Waals surface area contributed by atoms with Crippen LogP contribution >= 0.6 is 0 Å². The zero-order valence-electron chi connectivity index (χ0n) is 18.2. The maximum atomic E-state index is 12.7. The van der Waals surface area contributed by atoms with E-state index in [0.717, 1.165) is 31.7 Å². The SMILES string of the molecule is C[C@H](C(=O)NCc1ccccc1)N1CCN(C(c2ccccc2)c2ccccc2)CC1. The van der Waals surface area contributed by atoms with Gasteiger partial charge in [0, 0.05) is 32.7 Å². The molecule has 3 aromatic rings. The van der Waals surface area contributed by atoms with Crippen LogP contribution in [0.4, 0.5) is 0 Å². The van der Waals surface area contributed by atoms with E-state index in [1.807, 2.05) is 37.3 Å². The molecule has 1 amide bonds. The maximum Gasteiger partial charge on any atom is 0.237 e. The quantitative estimate of drug-likeness (QED) is 0.634. The molecule has 3 aromatic carbocycles. The van der Waals surface area contributed by atoms with Gasteiger partial charge >= 0.3 is 0 Å². The number of amides is 1. The number of nitrogens with zero attached hydrogens (tertiary/aromatic N) is 2. The van der Waals surface area contributed by atoms with E-state index in [9.17, 15) is 4.79 Å². The zero-order chi connectivity index (χ0) is 21.5. The predicted octanol–water partition coefficient (Wildman–Crippen LogP) is 4.10. The summed E-state index contributed by atoms with van der Waals surface area (Å²) in [4.78, 5) is 17.5. The van der Waals surface area contributed by atoms with Crippen molar-refractivity contribution in [2.75, 3.05) is 26.2 Å². The molecule has 4 rings (SSSR count). The maximum absolute atomic E-state index is 12.7. The van der Waals surface area contributed by atoms with Crippen LogP contribution in [-0.4, -0.2) is 47.9 Å². The summed E-state index contributed by atoms with van der Waals surface area (Å²) < 4.78 is 0. The van der Waals surface area contributed by atoms with Crippen LogP contribution in [0.25, 0.3) is 0 Å². The van der Waals surface area contributed by atoms with Crippen molar-refractivity contribution in [1.29, 1.82) is 0 Å². The second-order valence-corrected chi connectivity index (χ2v) is 8.18. The molecule has 1 heterocycles. The molecule has 1 aliphatic rings. The molecule has 0 spiro atoms. The average Bonchev–Trinajstić information content (AvgIpc) is 2.85. The Balaban J connectivity index is 1.38. The Morgan fingerprint density at radius 3 is 1.71 bits per heavy atom. The third-order valence-electron chi connectivity index (χ3n) is 6.18. The highest BCUT2D eigenvalue weighted by Crippen LogP contribution is 2.29. The Bertz CT molecular complexity index is 898. The largest absolute Gasteiger partial charge is 0.351 e. The fraction of sp³-hybridized carbons (Fsp3) is 0.296. The number of carbonyl (C=O) groups is 1.